The van der Waals surface area contributed by atoms with Gasteiger partial charge < -0.3 is 0 Å². The molecule has 0 atom stereocenters. The maximum absolute atomic E-state index is 10.8. The van der Waals surface area contributed by atoms with Crippen molar-refractivity contribution in [2.75, 3.05) is 6.26 Å². The van der Waals surface area contributed by atoms with Crippen LogP contribution in [0.25, 0.3) is 11.1 Å². The zero-order chi connectivity index (χ0) is 20.4. The van der Waals surface area contributed by atoms with Gasteiger partial charge in [-0.25, -0.2) is 4.99 Å². The van der Waals surface area contributed by atoms with Gasteiger partial charge in [-0.05, 0) is 54.5 Å². The smallest absolute Gasteiger partial charge is 0.242 e. The van der Waals surface area contributed by atoms with E-state index in [1.54, 1.807) is 17.8 Å². The molecule has 2 aromatic rings. The van der Waals surface area contributed by atoms with Crippen molar-refractivity contribution in [3.8, 4) is 11.1 Å². The van der Waals surface area contributed by atoms with Crippen LogP contribution >= 0.6 is 11.8 Å². The number of benzene rings is 2. The summed E-state index contributed by atoms with van der Waals surface area (Å²) in [6.07, 6.45) is 0.106. The van der Waals surface area contributed by atoms with Crippen LogP contribution in [-0.2, 0) is 6.42 Å². The van der Waals surface area contributed by atoms with E-state index in [0.29, 0.717) is 0 Å². The maximum Gasteiger partial charge on any atom is 0.388 e. The Labute approximate surface area is 164 Å². The lowest BCUT2D eigenvalue weighted by Crippen LogP contribution is -2.02. The molecule has 0 aliphatic heterocycles. The molecule has 27 heavy (non-hydrogen) atoms. The summed E-state index contributed by atoms with van der Waals surface area (Å²) in [5.41, 5.74) is 6.08. The van der Waals surface area contributed by atoms with Crippen molar-refractivity contribution < 1.29 is 13.2 Å². The van der Waals surface area contributed by atoms with Gasteiger partial charge in [0.1, 0.15) is 0 Å². The zero-order valence-electron chi connectivity index (χ0n) is 16.2. The Hall–Kier alpha value is -2.01. The summed E-state index contributed by atoms with van der Waals surface area (Å²) in [5, 5.41) is 0.952. The molecule has 0 heterocycles. The van der Waals surface area contributed by atoms with Gasteiger partial charge in [0.05, 0.1) is 10.7 Å². The molecule has 0 bridgehead atoms. The molecule has 0 aliphatic carbocycles. The molecule has 0 unspecified atom stereocenters. The average molecular weight is 394 g/mol. The predicted octanol–water partition coefficient (Wildman–Crippen LogP) is 7.76. The Morgan fingerprint density at radius 1 is 1.07 bits per heavy atom. The minimum Gasteiger partial charge on any atom is -0.242 e. The van der Waals surface area contributed by atoms with Crippen LogP contribution in [0.4, 0.5) is 18.9 Å². The van der Waals surface area contributed by atoms with E-state index in [0.717, 1.165) is 24.1 Å². The Kier molecular flexibility index (Phi) is 9.36. The van der Waals surface area contributed by atoms with Crippen LogP contribution in [0.2, 0.25) is 0 Å². The number of thioether (sulfide) groups is 1. The molecule has 0 aromatic heterocycles. The summed E-state index contributed by atoms with van der Waals surface area (Å²) in [7, 11) is 0. The third-order valence-electron chi connectivity index (χ3n) is 3.86. The van der Waals surface area contributed by atoms with Crippen LogP contribution in [0.1, 0.15) is 31.4 Å². The predicted molar refractivity (Wildman–Crippen MR) is 113 cm³/mol. The standard InChI is InChI=1S/C19H21NS.C3H5F3/c1-5-15-13-17(16-9-7-14(3)8-10-16)11-12-18(15)20-19(6-2)21-4;1-2-3(4,5)6/h6-13H,2,5H2,1,3-4H3;2H2,1H3. The highest BCUT2D eigenvalue weighted by Gasteiger charge is 2.22. The molecule has 0 radical (unpaired) electrons. The van der Waals surface area contributed by atoms with Gasteiger partial charge in [0.25, 0.3) is 0 Å². The average Bonchev–Trinajstić information content (AvgIpc) is 2.66. The van der Waals surface area contributed by atoms with Crippen molar-refractivity contribution >= 4 is 22.5 Å². The Bertz CT molecular complexity index is 762. The number of hydrogen-bond donors (Lipinski definition) is 0. The lowest BCUT2D eigenvalue weighted by Gasteiger charge is -2.09. The van der Waals surface area contributed by atoms with Crippen molar-refractivity contribution in [3.63, 3.8) is 0 Å². The highest BCUT2D eigenvalue weighted by molar-refractivity contribution is 8.13. The summed E-state index contributed by atoms with van der Waals surface area (Å²) < 4.78 is 32.4. The minimum atomic E-state index is -3.96. The van der Waals surface area contributed by atoms with Crippen LogP contribution in [0.15, 0.2) is 60.1 Å². The fourth-order valence-electron chi connectivity index (χ4n) is 2.20. The zero-order valence-corrected chi connectivity index (χ0v) is 17.0. The number of halogens is 3. The molecule has 1 nitrogen and oxygen atoms in total. The van der Waals surface area contributed by atoms with Crippen molar-refractivity contribution in [1.82, 2.24) is 0 Å². The Morgan fingerprint density at radius 3 is 2.07 bits per heavy atom. The van der Waals surface area contributed by atoms with Crippen molar-refractivity contribution in [3.05, 3.63) is 66.2 Å². The summed E-state index contributed by atoms with van der Waals surface area (Å²) in [6.45, 7) is 9.16. The topological polar surface area (TPSA) is 12.4 Å². The second kappa shape index (κ2) is 11.0. The monoisotopic (exact) mass is 393 g/mol. The van der Waals surface area contributed by atoms with Gasteiger partial charge in [0, 0.05) is 6.42 Å². The highest BCUT2D eigenvalue weighted by Crippen LogP contribution is 2.28. The molecule has 146 valence electrons. The molecule has 0 saturated heterocycles. The Balaban J connectivity index is 0.000000527. The SMILES string of the molecule is C=CC(=Nc1ccc(-c2ccc(C)cc2)cc1CC)SC.CCC(F)(F)F. The number of aliphatic imine (C=N–C) groups is 1. The Morgan fingerprint density at radius 2 is 1.63 bits per heavy atom. The molecule has 0 aliphatic rings. The molecular formula is C22H26F3NS. The van der Waals surface area contributed by atoms with Gasteiger partial charge in [0.15, 0.2) is 0 Å². The lowest BCUT2D eigenvalue weighted by atomic mass is 10.00. The summed E-state index contributed by atoms with van der Waals surface area (Å²) >= 11 is 1.62. The van der Waals surface area contributed by atoms with Crippen LogP contribution < -0.4 is 0 Å². The minimum absolute atomic E-state index is 0.729. The third-order valence-corrected chi connectivity index (χ3v) is 4.54. The number of aryl methyl sites for hydroxylation is 2. The van der Waals surface area contributed by atoms with Crippen LogP contribution in [-0.4, -0.2) is 17.5 Å². The molecule has 0 N–H and O–H groups in total. The van der Waals surface area contributed by atoms with E-state index in [1.165, 1.54) is 22.3 Å². The second-order valence-corrected chi connectivity index (χ2v) is 6.72. The number of alkyl halides is 3. The molecule has 0 spiro atoms. The van der Waals surface area contributed by atoms with Gasteiger partial charge in [-0.3, -0.25) is 0 Å². The maximum atomic E-state index is 10.8. The summed E-state index contributed by atoms with van der Waals surface area (Å²) in [5.74, 6) is 0. The van der Waals surface area contributed by atoms with E-state index in [2.05, 4.69) is 67.9 Å². The van der Waals surface area contributed by atoms with E-state index in [9.17, 15) is 13.2 Å². The van der Waals surface area contributed by atoms with E-state index in [1.807, 2.05) is 6.26 Å². The molecule has 2 rings (SSSR count). The van der Waals surface area contributed by atoms with Crippen molar-refractivity contribution in [1.29, 1.82) is 0 Å². The van der Waals surface area contributed by atoms with Crippen LogP contribution in [0.5, 0.6) is 0 Å². The normalized spacial score (nSPS) is 11.6. The molecule has 0 saturated carbocycles. The number of hydrogen-bond acceptors (Lipinski definition) is 2. The number of rotatable bonds is 4. The largest absolute Gasteiger partial charge is 0.388 e. The van der Waals surface area contributed by atoms with Gasteiger partial charge in [-0.15, -0.1) is 11.8 Å². The van der Waals surface area contributed by atoms with Crippen molar-refractivity contribution in [2.24, 2.45) is 4.99 Å². The molecule has 0 amide bonds. The van der Waals surface area contributed by atoms with Gasteiger partial charge in [-0.2, -0.15) is 13.2 Å². The molecular weight excluding hydrogens is 367 g/mol. The summed E-state index contributed by atoms with van der Waals surface area (Å²) in [4.78, 5) is 4.68. The van der Waals surface area contributed by atoms with E-state index < -0.39 is 12.6 Å². The molecule has 2 aromatic carbocycles. The first-order chi connectivity index (χ1) is 12.7. The lowest BCUT2D eigenvalue weighted by molar-refractivity contribution is -0.130. The second-order valence-electron chi connectivity index (χ2n) is 5.89. The van der Waals surface area contributed by atoms with Gasteiger partial charge in [0.2, 0.25) is 0 Å². The van der Waals surface area contributed by atoms with Crippen molar-refractivity contribution in [2.45, 2.75) is 39.8 Å². The van der Waals surface area contributed by atoms with Crippen LogP contribution in [0.3, 0.4) is 0 Å². The highest BCUT2D eigenvalue weighted by atomic mass is 32.2. The van der Waals surface area contributed by atoms with E-state index in [-0.39, 0.29) is 0 Å². The van der Waals surface area contributed by atoms with Gasteiger partial charge in [-0.1, -0.05) is 56.3 Å². The van der Waals surface area contributed by atoms with Crippen LogP contribution in [0, 0.1) is 6.92 Å². The van der Waals surface area contributed by atoms with E-state index in [4.69, 9.17) is 0 Å². The quantitative estimate of drug-likeness (QED) is 0.382. The molecule has 5 heteroatoms. The third kappa shape index (κ3) is 8.04. The fraction of sp³-hybridized carbons (Fsp3) is 0.318. The molecule has 0 fully saturated rings. The van der Waals surface area contributed by atoms with E-state index >= 15 is 0 Å². The number of nitrogens with zero attached hydrogens (tertiary/aromatic N) is 1. The van der Waals surface area contributed by atoms with Gasteiger partial charge >= 0.3 is 6.18 Å². The first-order valence-corrected chi connectivity index (χ1v) is 9.98. The summed E-state index contributed by atoms with van der Waals surface area (Å²) in [6, 6.07) is 15.1. The first-order valence-electron chi connectivity index (χ1n) is 8.75. The fourth-order valence-corrected chi connectivity index (χ4v) is 2.55. The first kappa shape index (κ1) is 23.0.